The number of allylic oxidation sites excluding steroid dienone is 1. The molecule has 0 amide bonds. The van der Waals surface area contributed by atoms with Crippen LogP contribution >= 0.6 is 11.6 Å². The van der Waals surface area contributed by atoms with Crippen LogP contribution in [0.3, 0.4) is 0 Å². The van der Waals surface area contributed by atoms with Gasteiger partial charge in [0.2, 0.25) is 0 Å². The van der Waals surface area contributed by atoms with Gasteiger partial charge < -0.3 is 5.11 Å². The number of halogens is 1. The molecule has 0 bridgehead atoms. The first-order chi connectivity index (χ1) is 6.50. The summed E-state index contributed by atoms with van der Waals surface area (Å²) in [6, 6.07) is 5.43. The monoisotopic (exact) mass is 210 g/mol. The standard InChI is InChI=1S/C11H11ClO2/c1-7-3-4-9(12)6-10(7)8(2)5-11(13)14/h3-6H,1-2H3,(H,13,14)/b8-5-. The van der Waals surface area contributed by atoms with Gasteiger partial charge in [-0.05, 0) is 42.7 Å². The maximum atomic E-state index is 10.5. The highest BCUT2D eigenvalue weighted by Gasteiger charge is 2.03. The minimum absolute atomic E-state index is 0.615. The van der Waals surface area contributed by atoms with Crippen LogP contribution in [0.4, 0.5) is 0 Å². The summed E-state index contributed by atoms with van der Waals surface area (Å²) in [6.07, 6.45) is 1.18. The molecule has 3 heteroatoms. The molecule has 0 spiro atoms. The van der Waals surface area contributed by atoms with Crippen molar-refractivity contribution in [1.29, 1.82) is 0 Å². The van der Waals surface area contributed by atoms with Crippen molar-refractivity contribution in [3.63, 3.8) is 0 Å². The van der Waals surface area contributed by atoms with Gasteiger partial charge in [0.15, 0.2) is 0 Å². The number of hydrogen-bond donors (Lipinski definition) is 1. The van der Waals surface area contributed by atoms with Gasteiger partial charge in [0.1, 0.15) is 0 Å². The van der Waals surface area contributed by atoms with E-state index in [1.165, 1.54) is 6.08 Å². The molecule has 1 N–H and O–H groups in total. The predicted octanol–water partition coefficient (Wildman–Crippen LogP) is 3.14. The van der Waals surface area contributed by atoms with Gasteiger partial charge in [0.05, 0.1) is 0 Å². The molecular formula is C11H11ClO2. The minimum Gasteiger partial charge on any atom is -0.478 e. The van der Waals surface area contributed by atoms with Crippen LogP contribution in [0, 0.1) is 6.92 Å². The molecule has 0 aliphatic carbocycles. The lowest BCUT2D eigenvalue weighted by molar-refractivity contribution is -0.131. The Hall–Kier alpha value is -1.28. The summed E-state index contributed by atoms with van der Waals surface area (Å²) in [6.45, 7) is 3.68. The van der Waals surface area contributed by atoms with Crippen molar-refractivity contribution < 1.29 is 9.90 Å². The summed E-state index contributed by atoms with van der Waals surface area (Å²) in [7, 11) is 0. The van der Waals surface area contributed by atoms with Gasteiger partial charge in [0.25, 0.3) is 0 Å². The molecule has 0 aliphatic rings. The molecule has 0 saturated heterocycles. The molecule has 0 radical (unpaired) electrons. The molecule has 1 aromatic rings. The van der Waals surface area contributed by atoms with E-state index in [9.17, 15) is 4.79 Å². The van der Waals surface area contributed by atoms with Gasteiger partial charge in [-0.3, -0.25) is 0 Å². The molecule has 0 heterocycles. The first-order valence-electron chi connectivity index (χ1n) is 4.18. The van der Waals surface area contributed by atoms with Gasteiger partial charge in [-0.1, -0.05) is 17.7 Å². The number of carboxylic acids is 1. The Labute approximate surface area is 87.8 Å². The zero-order valence-electron chi connectivity index (χ0n) is 8.04. The van der Waals surface area contributed by atoms with Crippen LogP contribution in [0.2, 0.25) is 5.02 Å². The number of hydrogen-bond acceptors (Lipinski definition) is 1. The van der Waals surface area contributed by atoms with E-state index in [0.717, 1.165) is 11.1 Å². The third-order valence-corrected chi connectivity index (χ3v) is 2.20. The van der Waals surface area contributed by atoms with E-state index >= 15 is 0 Å². The van der Waals surface area contributed by atoms with E-state index in [4.69, 9.17) is 16.7 Å². The van der Waals surface area contributed by atoms with E-state index < -0.39 is 5.97 Å². The van der Waals surface area contributed by atoms with Crippen molar-refractivity contribution in [3.8, 4) is 0 Å². The summed E-state index contributed by atoms with van der Waals surface area (Å²) in [5.74, 6) is -0.943. The molecule has 0 saturated carbocycles. The zero-order valence-corrected chi connectivity index (χ0v) is 8.80. The van der Waals surface area contributed by atoms with Crippen molar-refractivity contribution in [1.82, 2.24) is 0 Å². The maximum absolute atomic E-state index is 10.5. The molecule has 2 nitrogen and oxygen atoms in total. The lowest BCUT2D eigenvalue weighted by Gasteiger charge is -2.05. The van der Waals surface area contributed by atoms with Crippen LogP contribution < -0.4 is 0 Å². The Kier molecular flexibility index (Phi) is 3.31. The molecule has 0 atom stereocenters. The van der Waals surface area contributed by atoms with Crippen molar-refractivity contribution in [3.05, 3.63) is 40.4 Å². The smallest absolute Gasteiger partial charge is 0.328 e. The number of benzene rings is 1. The van der Waals surface area contributed by atoms with E-state index in [1.54, 1.807) is 19.1 Å². The largest absolute Gasteiger partial charge is 0.478 e. The quantitative estimate of drug-likeness (QED) is 0.762. The van der Waals surface area contributed by atoms with Gasteiger partial charge in [0, 0.05) is 11.1 Å². The van der Waals surface area contributed by atoms with Crippen LogP contribution in [-0.2, 0) is 4.79 Å². The van der Waals surface area contributed by atoms with Gasteiger partial charge in [-0.25, -0.2) is 4.79 Å². The average molecular weight is 211 g/mol. The lowest BCUT2D eigenvalue weighted by Crippen LogP contribution is -1.92. The average Bonchev–Trinajstić information content (AvgIpc) is 2.08. The second-order valence-electron chi connectivity index (χ2n) is 3.12. The Balaban J connectivity index is 3.18. The topological polar surface area (TPSA) is 37.3 Å². The molecule has 1 aromatic carbocycles. The molecule has 1 rings (SSSR count). The molecule has 74 valence electrons. The highest BCUT2D eigenvalue weighted by Crippen LogP contribution is 2.22. The lowest BCUT2D eigenvalue weighted by atomic mass is 10.0. The summed E-state index contributed by atoms with van der Waals surface area (Å²) in [5, 5.41) is 9.21. The normalized spacial score (nSPS) is 11.5. The SMILES string of the molecule is C/C(=C/C(=O)O)c1cc(Cl)ccc1C. The number of carboxylic acid groups (broad SMARTS) is 1. The second-order valence-corrected chi connectivity index (χ2v) is 3.56. The third kappa shape index (κ3) is 2.60. The maximum Gasteiger partial charge on any atom is 0.328 e. The number of carbonyl (C=O) groups is 1. The first kappa shape index (κ1) is 10.8. The predicted molar refractivity (Wildman–Crippen MR) is 57.5 cm³/mol. The fraction of sp³-hybridized carbons (Fsp3) is 0.182. The summed E-state index contributed by atoms with van der Waals surface area (Å²) < 4.78 is 0. The Morgan fingerprint density at radius 2 is 2.14 bits per heavy atom. The number of aryl methyl sites for hydroxylation is 1. The Morgan fingerprint density at radius 3 is 2.71 bits per heavy atom. The van der Waals surface area contributed by atoms with Crippen molar-refractivity contribution in [2.75, 3.05) is 0 Å². The van der Waals surface area contributed by atoms with Gasteiger partial charge >= 0.3 is 5.97 Å². The molecule has 0 fully saturated rings. The Morgan fingerprint density at radius 1 is 1.50 bits per heavy atom. The van der Waals surface area contributed by atoms with Crippen LogP contribution in [-0.4, -0.2) is 11.1 Å². The van der Waals surface area contributed by atoms with E-state index in [-0.39, 0.29) is 0 Å². The fourth-order valence-electron chi connectivity index (χ4n) is 1.28. The summed E-state index contributed by atoms with van der Waals surface area (Å²) >= 11 is 5.82. The van der Waals surface area contributed by atoms with E-state index in [0.29, 0.717) is 10.6 Å². The molecule has 0 unspecified atom stereocenters. The second kappa shape index (κ2) is 4.29. The van der Waals surface area contributed by atoms with E-state index in [1.807, 2.05) is 13.0 Å². The summed E-state index contributed by atoms with van der Waals surface area (Å²) in [5.41, 5.74) is 2.60. The highest BCUT2D eigenvalue weighted by atomic mass is 35.5. The van der Waals surface area contributed by atoms with Crippen molar-refractivity contribution >= 4 is 23.1 Å². The summed E-state index contributed by atoms with van der Waals surface area (Å²) in [4.78, 5) is 10.5. The molecule has 14 heavy (non-hydrogen) atoms. The zero-order chi connectivity index (χ0) is 10.7. The van der Waals surface area contributed by atoms with Crippen LogP contribution in [0.15, 0.2) is 24.3 Å². The number of rotatable bonds is 2. The van der Waals surface area contributed by atoms with Crippen molar-refractivity contribution in [2.24, 2.45) is 0 Å². The van der Waals surface area contributed by atoms with Gasteiger partial charge in [-0.15, -0.1) is 0 Å². The highest BCUT2D eigenvalue weighted by molar-refractivity contribution is 6.30. The molecule has 0 aliphatic heterocycles. The fourth-order valence-corrected chi connectivity index (χ4v) is 1.45. The van der Waals surface area contributed by atoms with E-state index in [2.05, 4.69) is 0 Å². The van der Waals surface area contributed by atoms with Crippen LogP contribution in [0.1, 0.15) is 18.1 Å². The third-order valence-electron chi connectivity index (χ3n) is 1.96. The van der Waals surface area contributed by atoms with Crippen LogP contribution in [0.25, 0.3) is 5.57 Å². The number of aliphatic carboxylic acids is 1. The van der Waals surface area contributed by atoms with Crippen molar-refractivity contribution in [2.45, 2.75) is 13.8 Å². The van der Waals surface area contributed by atoms with Crippen LogP contribution in [0.5, 0.6) is 0 Å². The minimum atomic E-state index is -0.943. The molecule has 0 aromatic heterocycles. The first-order valence-corrected chi connectivity index (χ1v) is 4.56. The Bertz CT molecular complexity index is 394. The van der Waals surface area contributed by atoms with Gasteiger partial charge in [-0.2, -0.15) is 0 Å². The molecular weight excluding hydrogens is 200 g/mol.